The van der Waals surface area contributed by atoms with Crippen molar-refractivity contribution in [2.45, 2.75) is 33.2 Å². The molecule has 1 atom stereocenters. The molecule has 0 saturated carbocycles. The Hall–Kier alpha value is -2.00. The number of nitrogens with two attached hydrogens (primary N) is 1. The average molecular weight is 331 g/mol. The van der Waals surface area contributed by atoms with Gasteiger partial charge in [0.05, 0.1) is 0 Å². The molecule has 3 N–H and O–H groups in total. The van der Waals surface area contributed by atoms with Crippen LogP contribution in [0.2, 0.25) is 5.02 Å². The third-order valence-electron chi connectivity index (χ3n) is 4.16. The minimum atomic E-state index is -0.144. The van der Waals surface area contributed by atoms with Crippen LogP contribution in [0.25, 0.3) is 0 Å². The molecule has 0 fully saturated rings. The van der Waals surface area contributed by atoms with Gasteiger partial charge in [0.15, 0.2) is 0 Å². The first kappa shape index (κ1) is 17.4. The Labute approximate surface area is 142 Å². The van der Waals surface area contributed by atoms with E-state index >= 15 is 0 Å². The van der Waals surface area contributed by atoms with Crippen molar-refractivity contribution >= 4 is 23.2 Å². The van der Waals surface area contributed by atoms with Gasteiger partial charge in [-0.3, -0.25) is 4.79 Å². The lowest BCUT2D eigenvalue weighted by atomic mass is 9.89. The average Bonchev–Trinajstić information content (AvgIpc) is 2.52. The first-order valence-corrected chi connectivity index (χ1v) is 8.18. The zero-order valence-electron chi connectivity index (χ0n) is 13.8. The summed E-state index contributed by atoms with van der Waals surface area (Å²) in [5.74, 6) is 0.680. The second-order valence-corrected chi connectivity index (χ2v) is 6.60. The number of hydrogen-bond donors (Lipinski definition) is 2. The topological polar surface area (TPSA) is 55.1 Å². The van der Waals surface area contributed by atoms with E-state index in [1.165, 1.54) is 0 Å². The summed E-state index contributed by atoms with van der Waals surface area (Å²) in [4.78, 5) is 12.4. The number of rotatable bonds is 5. The van der Waals surface area contributed by atoms with Crippen molar-refractivity contribution in [2.75, 3.05) is 5.73 Å². The summed E-state index contributed by atoms with van der Waals surface area (Å²) in [6, 6.07) is 13.0. The van der Waals surface area contributed by atoms with E-state index in [4.69, 9.17) is 17.3 Å². The summed E-state index contributed by atoms with van der Waals surface area (Å²) < 4.78 is 0. The Kier molecular flexibility index (Phi) is 5.67. The Balaban J connectivity index is 2.14. The molecule has 0 aromatic heterocycles. The second kappa shape index (κ2) is 7.51. The summed E-state index contributed by atoms with van der Waals surface area (Å²) in [6.45, 7) is 6.85. The van der Waals surface area contributed by atoms with Crippen LogP contribution in [-0.4, -0.2) is 5.91 Å². The molecule has 0 bridgehead atoms. The molecule has 0 radical (unpaired) electrons. The van der Waals surface area contributed by atoms with E-state index in [2.05, 4.69) is 26.1 Å². The lowest BCUT2D eigenvalue weighted by Crippen LogP contribution is -2.23. The molecule has 122 valence electrons. The second-order valence-electron chi connectivity index (χ2n) is 6.20. The normalized spacial score (nSPS) is 12.2. The van der Waals surface area contributed by atoms with Gasteiger partial charge in [-0.1, -0.05) is 50.6 Å². The lowest BCUT2D eigenvalue weighted by Gasteiger charge is -2.17. The fourth-order valence-corrected chi connectivity index (χ4v) is 2.58. The van der Waals surface area contributed by atoms with E-state index in [9.17, 15) is 4.79 Å². The molecule has 3 nitrogen and oxygen atoms in total. The molecule has 1 unspecified atom stereocenters. The van der Waals surface area contributed by atoms with Crippen LogP contribution in [0.3, 0.4) is 0 Å². The number of carbonyl (C=O) groups is 1. The summed E-state index contributed by atoms with van der Waals surface area (Å²) in [5.41, 5.74) is 9.13. The highest BCUT2D eigenvalue weighted by Crippen LogP contribution is 2.26. The van der Waals surface area contributed by atoms with E-state index in [1.807, 2.05) is 36.4 Å². The molecule has 2 rings (SSSR count). The fourth-order valence-electron chi connectivity index (χ4n) is 2.37. The van der Waals surface area contributed by atoms with Crippen LogP contribution in [0.4, 0.5) is 5.69 Å². The van der Waals surface area contributed by atoms with Crippen LogP contribution < -0.4 is 11.1 Å². The summed E-state index contributed by atoms with van der Waals surface area (Å²) in [7, 11) is 0. The molecule has 2 aromatic carbocycles. The molecular formula is C19H23ClN2O. The van der Waals surface area contributed by atoms with Crippen LogP contribution in [0.15, 0.2) is 42.5 Å². The van der Waals surface area contributed by atoms with Gasteiger partial charge >= 0.3 is 0 Å². The molecule has 4 heteroatoms. The van der Waals surface area contributed by atoms with Gasteiger partial charge < -0.3 is 11.1 Å². The maximum Gasteiger partial charge on any atom is 0.251 e. The van der Waals surface area contributed by atoms with Gasteiger partial charge in [0, 0.05) is 22.8 Å². The van der Waals surface area contributed by atoms with Crippen LogP contribution >= 0.6 is 11.6 Å². The van der Waals surface area contributed by atoms with Gasteiger partial charge in [-0.15, -0.1) is 0 Å². The Morgan fingerprint density at radius 1 is 1.17 bits per heavy atom. The molecule has 0 aliphatic heterocycles. The van der Waals surface area contributed by atoms with Gasteiger partial charge in [0.2, 0.25) is 0 Å². The predicted molar refractivity (Wildman–Crippen MR) is 96.7 cm³/mol. The summed E-state index contributed by atoms with van der Waals surface area (Å²) >= 11 is 6.11. The Morgan fingerprint density at radius 3 is 2.52 bits per heavy atom. The van der Waals surface area contributed by atoms with Crippen molar-refractivity contribution < 1.29 is 4.79 Å². The number of nitrogen functional groups attached to an aromatic ring is 1. The molecule has 2 aromatic rings. The van der Waals surface area contributed by atoms with Gasteiger partial charge in [-0.05, 0) is 47.2 Å². The number of nitrogens with one attached hydrogen (secondary N) is 1. The highest BCUT2D eigenvalue weighted by Gasteiger charge is 2.14. The highest BCUT2D eigenvalue weighted by atomic mass is 35.5. The Bertz CT molecular complexity index is 698. The Morgan fingerprint density at radius 2 is 1.87 bits per heavy atom. The molecular weight excluding hydrogens is 308 g/mol. The number of hydrogen-bond acceptors (Lipinski definition) is 2. The number of amides is 1. The van der Waals surface area contributed by atoms with Gasteiger partial charge in [0.25, 0.3) is 5.91 Å². The standard InChI is InChI=1S/C19H23ClN2O/c1-12(2)13(3)15-8-16(10-17(21)9-15)19(23)22-11-14-6-4-5-7-18(14)20/h4-10,12-13H,11,21H2,1-3H3,(H,22,23). The minimum absolute atomic E-state index is 0.144. The van der Waals surface area contributed by atoms with Crippen molar-refractivity contribution in [1.82, 2.24) is 5.32 Å². The predicted octanol–water partition coefficient (Wildman–Crippen LogP) is 4.61. The first-order valence-electron chi connectivity index (χ1n) is 7.80. The van der Waals surface area contributed by atoms with Crippen LogP contribution in [0.5, 0.6) is 0 Å². The van der Waals surface area contributed by atoms with E-state index in [1.54, 1.807) is 6.07 Å². The molecule has 0 spiro atoms. The van der Waals surface area contributed by atoms with Crippen molar-refractivity contribution in [1.29, 1.82) is 0 Å². The molecule has 0 aliphatic carbocycles. The quantitative estimate of drug-likeness (QED) is 0.786. The van der Waals surface area contributed by atoms with Crippen LogP contribution in [0, 0.1) is 5.92 Å². The largest absolute Gasteiger partial charge is 0.399 e. The third-order valence-corrected chi connectivity index (χ3v) is 4.53. The van der Waals surface area contributed by atoms with Gasteiger partial charge in [-0.25, -0.2) is 0 Å². The number of halogens is 1. The summed E-state index contributed by atoms with van der Waals surface area (Å²) in [5, 5.41) is 3.55. The molecule has 23 heavy (non-hydrogen) atoms. The number of anilines is 1. The molecule has 1 amide bonds. The van der Waals surface area contributed by atoms with Crippen molar-refractivity contribution in [2.24, 2.45) is 5.92 Å². The number of carbonyl (C=O) groups excluding carboxylic acids is 1. The fraction of sp³-hybridized carbons (Fsp3) is 0.316. The molecule has 0 saturated heterocycles. The van der Waals surface area contributed by atoms with Crippen molar-refractivity contribution in [3.8, 4) is 0 Å². The minimum Gasteiger partial charge on any atom is -0.399 e. The summed E-state index contributed by atoms with van der Waals surface area (Å²) in [6.07, 6.45) is 0. The zero-order valence-corrected chi connectivity index (χ0v) is 14.5. The van der Waals surface area contributed by atoms with Crippen molar-refractivity contribution in [3.63, 3.8) is 0 Å². The smallest absolute Gasteiger partial charge is 0.251 e. The zero-order chi connectivity index (χ0) is 17.0. The maximum atomic E-state index is 12.4. The van der Waals surface area contributed by atoms with Crippen LogP contribution in [0.1, 0.15) is 48.2 Å². The van der Waals surface area contributed by atoms with E-state index < -0.39 is 0 Å². The van der Waals surface area contributed by atoms with Crippen LogP contribution in [-0.2, 0) is 6.54 Å². The molecule has 0 aliphatic rings. The third kappa shape index (κ3) is 4.49. The lowest BCUT2D eigenvalue weighted by molar-refractivity contribution is 0.0951. The number of benzene rings is 2. The van der Waals surface area contributed by atoms with Gasteiger partial charge in [0.1, 0.15) is 0 Å². The van der Waals surface area contributed by atoms with E-state index in [0.29, 0.717) is 34.7 Å². The molecule has 0 heterocycles. The SMILES string of the molecule is CC(C)C(C)c1cc(N)cc(C(=O)NCc2ccccc2Cl)c1. The van der Waals surface area contributed by atoms with E-state index in [0.717, 1.165) is 11.1 Å². The van der Waals surface area contributed by atoms with Crippen molar-refractivity contribution in [3.05, 3.63) is 64.2 Å². The van der Waals surface area contributed by atoms with Gasteiger partial charge in [-0.2, -0.15) is 0 Å². The monoisotopic (exact) mass is 330 g/mol. The first-order chi connectivity index (χ1) is 10.9. The maximum absolute atomic E-state index is 12.4. The highest BCUT2D eigenvalue weighted by molar-refractivity contribution is 6.31. The van der Waals surface area contributed by atoms with E-state index in [-0.39, 0.29) is 5.91 Å².